The lowest BCUT2D eigenvalue weighted by Crippen LogP contribution is -2.36. The van der Waals surface area contributed by atoms with E-state index in [1.165, 1.54) is 0 Å². The van der Waals surface area contributed by atoms with Crippen LogP contribution in [-0.4, -0.2) is 73.5 Å². The molecule has 8 nitrogen and oxygen atoms in total. The number of benzene rings is 2. The number of urea groups is 1. The monoisotopic (exact) mass is 499 g/mol. The molecule has 188 valence electrons. The summed E-state index contributed by atoms with van der Waals surface area (Å²) in [6.45, 7) is 9.92. The molecular formula is C26H34ClN5O3. The zero-order valence-electron chi connectivity index (χ0n) is 20.6. The van der Waals surface area contributed by atoms with Crippen LogP contribution in [0.15, 0.2) is 42.5 Å². The predicted octanol–water partition coefficient (Wildman–Crippen LogP) is 4.32. The quantitative estimate of drug-likeness (QED) is 0.594. The molecule has 1 heterocycles. The Morgan fingerprint density at radius 1 is 0.943 bits per heavy atom. The van der Waals surface area contributed by atoms with Crippen molar-refractivity contribution in [1.29, 1.82) is 0 Å². The van der Waals surface area contributed by atoms with Gasteiger partial charge in [0.15, 0.2) is 0 Å². The number of carbonyl (C=O) groups excluding carboxylic acids is 3. The summed E-state index contributed by atoms with van der Waals surface area (Å²) in [7, 11) is 0. The Labute approximate surface area is 212 Å². The van der Waals surface area contributed by atoms with Gasteiger partial charge >= 0.3 is 6.03 Å². The molecule has 0 spiro atoms. The minimum Gasteiger partial charge on any atom is -0.369 e. The van der Waals surface area contributed by atoms with E-state index in [4.69, 9.17) is 11.6 Å². The fourth-order valence-electron chi connectivity index (χ4n) is 4.21. The van der Waals surface area contributed by atoms with Gasteiger partial charge in [0.05, 0.1) is 5.56 Å². The van der Waals surface area contributed by atoms with Crippen LogP contribution >= 0.6 is 11.6 Å². The topological polar surface area (TPSA) is 85.0 Å². The van der Waals surface area contributed by atoms with Crippen molar-refractivity contribution in [3.05, 3.63) is 58.6 Å². The lowest BCUT2D eigenvalue weighted by atomic mass is 10.1. The van der Waals surface area contributed by atoms with Gasteiger partial charge < -0.3 is 25.3 Å². The highest BCUT2D eigenvalue weighted by molar-refractivity contribution is 6.30. The molecule has 2 aromatic carbocycles. The van der Waals surface area contributed by atoms with Crippen molar-refractivity contribution in [2.45, 2.75) is 27.2 Å². The first-order valence-corrected chi connectivity index (χ1v) is 12.5. The molecule has 0 aliphatic carbocycles. The molecule has 2 aromatic rings. The van der Waals surface area contributed by atoms with Gasteiger partial charge in [-0.1, -0.05) is 11.6 Å². The summed E-state index contributed by atoms with van der Waals surface area (Å²) in [5.74, 6) is -0.104. The molecule has 0 aromatic heterocycles. The SMILES string of the molecule is CCNC(=O)Nc1ccc(N2CCCN(C(=O)c3ccc(Cl)cc3)CC2)c(C(=O)N(CC)CC)c1. The summed E-state index contributed by atoms with van der Waals surface area (Å²) in [6, 6.07) is 12.1. The summed E-state index contributed by atoms with van der Waals surface area (Å²) in [6.07, 6.45) is 0.775. The third-order valence-electron chi connectivity index (χ3n) is 6.09. The molecule has 3 rings (SSSR count). The van der Waals surface area contributed by atoms with Gasteiger partial charge in [-0.3, -0.25) is 9.59 Å². The number of carbonyl (C=O) groups is 3. The Hall–Kier alpha value is -3.26. The van der Waals surface area contributed by atoms with Crippen LogP contribution in [0.4, 0.5) is 16.2 Å². The number of hydrogen-bond donors (Lipinski definition) is 2. The maximum atomic E-state index is 13.4. The van der Waals surface area contributed by atoms with E-state index in [-0.39, 0.29) is 17.8 Å². The molecule has 1 fully saturated rings. The van der Waals surface area contributed by atoms with Crippen LogP contribution < -0.4 is 15.5 Å². The van der Waals surface area contributed by atoms with Crippen LogP contribution in [0.25, 0.3) is 0 Å². The molecule has 0 saturated carbocycles. The van der Waals surface area contributed by atoms with E-state index in [1.807, 2.05) is 37.8 Å². The Bertz CT molecular complexity index is 1040. The lowest BCUT2D eigenvalue weighted by Gasteiger charge is -2.28. The van der Waals surface area contributed by atoms with Crippen molar-refractivity contribution >= 4 is 40.8 Å². The second kappa shape index (κ2) is 12.4. The van der Waals surface area contributed by atoms with Gasteiger partial charge in [-0.05, 0) is 69.7 Å². The van der Waals surface area contributed by atoms with Crippen LogP contribution in [0.2, 0.25) is 5.02 Å². The number of amides is 4. The van der Waals surface area contributed by atoms with Gasteiger partial charge in [-0.2, -0.15) is 0 Å². The van der Waals surface area contributed by atoms with Crippen LogP contribution in [0.5, 0.6) is 0 Å². The molecule has 0 radical (unpaired) electrons. The van der Waals surface area contributed by atoms with Gasteiger partial charge in [-0.25, -0.2) is 4.79 Å². The molecular weight excluding hydrogens is 466 g/mol. The molecule has 4 amide bonds. The first kappa shape index (κ1) is 26.3. The Balaban J connectivity index is 1.83. The zero-order chi connectivity index (χ0) is 25.4. The summed E-state index contributed by atoms with van der Waals surface area (Å²) < 4.78 is 0. The number of rotatable bonds is 7. The number of halogens is 1. The minimum absolute atomic E-state index is 0.0237. The standard InChI is InChI=1S/C26H34ClN5O3/c1-4-28-26(35)29-21-12-13-23(22(18-21)25(34)30(5-2)6-3)31-14-7-15-32(17-16-31)24(33)19-8-10-20(27)11-9-19/h8-13,18H,4-7,14-17H2,1-3H3,(H2,28,29,35). The van der Waals surface area contributed by atoms with E-state index in [9.17, 15) is 14.4 Å². The number of nitrogens with one attached hydrogen (secondary N) is 2. The maximum absolute atomic E-state index is 13.4. The van der Waals surface area contributed by atoms with Gasteiger partial charge in [0.2, 0.25) is 0 Å². The van der Waals surface area contributed by atoms with E-state index in [1.54, 1.807) is 35.2 Å². The molecule has 2 N–H and O–H groups in total. The Morgan fingerprint density at radius 2 is 1.66 bits per heavy atom. The van der Waals surface area contributed by atoms with Crippen molar-refractivity contribution in [2.75, 3.05) is 56.0 Å². The third-order valence-corrected chi connectivity index (χ3v) is 6.34. The average Bonchev–Trinajstić information content (AvgIpc) is 3.11. The van der Waals surface area contributed by atoms with Gasteiger partial charge in [-0.15, -0.1) is 0 Å². The highest BCUT2D eigenvalue weighted by Gasteiger charge is 2.25. The number of hydrogen-bond acceptors (Lipinski definition) is 4. The molecule has 35 heavy (non-hydrogen) atoms. The van der Waals surface area contributed by atoms with E-state index in [0.717, 1.165) is 12.1 Å². The molecule has 0 unspecified atom stereocenters. The summed E-state index contributed by atoms with van der Waals surface area (Å²) >= 11 is 5.96. The average molecular weight is 500 g/mol. The van der Waals surface area contributed by atoms with Crippen LogP contribution in [0, 0.1) is 0 Å². The largest absolute Gasteiger partial charge is 0.369 e. The molecule has 9 heteroatoms. The highest BCUT2D eigenvalue weighted by atomic mass is 35.5. The van der Waals surface area contributed by atoms with Crippen LogP contribution in [0.3, 0.4) is 0 Å². The van der Waals surface area contributed by atoms with Crippen molar-refractivity contribution in [2.24, 2.45) is 0 Å². The van der Waals surface area contributed by atoms with Gasteiger partial charge in [0.1, 0.15) is 0 Å². The zero-order valence-corrected chi connectivity index (χ0v) is 21.4. The lowest BCUT2D eigenvalue weighted by molar-refractivity contribution is 0.0760. The second-order valence-corrected chi connectivity index (χ2v) is 8.77. The normalized spacial score (nSPS) is 13.7. The fraction of sp³-hybridized carbons (Fsp3) is 0.423. The van der Waals surface area contributed by atoms with E-state index >= 15 is 0 Å². The van der Waals surface area contributed by atoms with Crippen molar-refractivity contribution in [3.63, 3.8) is 0 Å². The smallest absolute Gasteiger partial charge is 0.319 e. The molecule has 0 bridgehead atoms. The molecule has 1 saturated heterocycles. The Kier molecular flexibility index (Phi) is 9.37. The van der Waals surface area contributed by atoms with Crippen molar-refractivity contribution in [1.82, 2.24) is 15.1 Å². The second-order valence-electron chi connectivity index (χ2n) is 8.33. The van der Waals surface area contributed by atoms with Crippen molar-refractivity contribution in [3.8, 4) is 0 Å². The Morgan fingerprint density at radius 3 is 2.31 bits per heavy atom. The van der Waals surface area contributed by atoms with E-state index in [2.05, 4.69) is 15.5 Å². The van der Waals surface area contributed by atoms with Crippen LogP contribution in [-0.2, 0) is 0 Å². The van der Waals surface area contributed by atoms with Gasteiger partial charge in [0.25, 0.3) is 11.8 Å². The minimum atomic E-state index is -0.312. The van der Waals surface area contributed by atoms with Crippen LogP contribution in [0.1, 0.15) is 47.9 Å². The summed E-state index contributed by atoms with van der Waals surface area (Å²) in [4.78, 5) is 44.2. The maximum Gasteiger partial charge on any atom is 0.319 e. The van der Waals surface area contributed by atoms with E-state index < -0.39 is 0 Å². The number of anilines is 2. The first-order valence-electron chi connectivity index (χ1n) is 12.2. The number of nitrogens with zero attached hydrogens (tertiary/aromatic N) is 3. The highest BCUT2D eigenvalue weighted by Crippen LogP contribution is 2.27. The molecule has 1 aliphatic rings. The van der Waals surface area contributed by atoms with Crippen molar-refractivity contribution < 1.29 is 14.4 Å². The molecule has 1 aliphatic heterocycles. The van der Waals surface area contributed by atoms with E-state index in [0.29, 0.717) is 67.7 Å². The van der Waals surface area contributed by atoms with Gasteiger partial charge in [0, 0.05) is 67.8 Å². The third kappa shape index (κ3) is 6.66. The fourth-order valence-corrected chi connectivity index (χ4v) is 4.34. The first-order chi connectivity index (χ1) is 16.9. The predicted molar refractivity (Wildman–Crippen MR) is 141 cm³/mol. The summed E-state index contributed by atoms with van der Waals surface area (Å²) in [5.41, 5.74) is 2.52. The summed E-state index contributed by atoms with van der Waals surface area (Å²) in [5, 5.41) is 6.10. The molecule has 0 atom stereocenters.